The van der Waals surface area contributed by atoms with Gasteiger partial charge in [0.05, 0.1) is 4.90 Å². The molecule has 1 unspecified atom stereocenters. The first-order valence-electron chi connectivity index (χ1n) is 9.07. The number of rotatable bonds is 6. The zero-order valence-electron chi connectivity index (χ0n) is 16.5. The minimum absolute atomic E-state index is 0.0356. The second kappa shape index (κ2) is 8.23. The van der Waals surface area contributed by atoms with Crippen LogP contribution in [0.25, 0.3) is 0 Å². The van der Waals surface area contributed by atoms with Gasteiger partial charge in [0, 0.05) is 17.3 Å². The van der Waals surface area contributed by atoms with E-state index in [9.17, 15) is 13.2 Å². The van der Waals surface area contributed by atoms with Crippen molar-refractivity contribution in [2.24, 2.45) is 0 Å². The van der Waals surface area contributed by atoms with E-state index in [0.29, 0.717) is 17.7 Å². The maximum atomic E-state index is 12.5. The summed E-state index contributed by atoms with van der Waals surface area (Å²) in [5.41, 5.74) is 2.17. The quantitative estimate of drug-likeness (QED) is 0.774. The van der Waals surface area contributed by atoms with Gasteiger partial charge in [-0.3, -0.25) is 4.79 Å². The molecule has 0 saturated heterocycles. The van der Waals surface area contributed by atoms with Gasteiger partial charge in [0.2, 0.25) is 10.0 Å². The van der Waals surface area contributed by atoms with Crippen LogP contribution in [0.5, 0.6) is 0 Å². The van der Waals surface area contributed by atoms with Gasteiger partial charge in [-0.2, -0.15) is 0 Å². The van der Waals surface area contributed by atoms with Gasteiger partial charge in [-0.15, -0.1) is 0 Å². The predicted octanol–water partition coefficient (Wildman–Crippen LogP) is 4.31. The number of sulfonamides is 1. The molecule has 0 bridgehead atoms. The first-order valence-corrected chi connectivity index (χ1v) is 10.6. The van der Waals surface area contributed by atoms with Crippen molar-refractivity contribution >= 4 is 21.6 Å². The van der Waals surface area contributed by atoms with E-state index in [1.54, 1.807) is 19.1 Å². The van der Waals surface area contributed by atoms with Crippen LogP contribution in [0.1, 0.15) is 57.0 Å². The third-order valence-corrected chi connectivity index (χ3v) is 5.97. The molecule has 2 aromatic carbocycles. The van der Waals surface area contributed by atoms with Crippen LogP contribution in [0.4, 0.5) is 5.69 Å². The largest absolute Gasteiger partial charge is 0.322 e. The Labute approximate surface area is 162 Å². The minimum Gasteiger partial charge on any atom is -0.322 e. The molecule has 0 spiro atoms. The number of anilines is 1. The molecule has 0 heterocycles. The second-order valence-electron chi connectivity index (χ2n) is 7.74. The third-order valence-electron chi connectivity index (χ3n) is 4.38. The fourth-order valence-electron chi connectivity index (χ4n) is 2.48. The van der Waals surface area contributed by atoms with Gasteiger partial charge in [-0.05, 0) is 54.7 Å². The summed E-state index contributed by atoms with van der Waals surface area (Å²) >= 11 is 0. The molecule has 6 heteroatoms. The molecule has 0 aliphatic carbocycles. The van der Waals surface area contributed by atoms with Crippen LogP contribution < -0.4 is 10.0 Å². The van der Waals surface area contributed by atoms with Crippen LogP contribution in [0.2, 0.25) is 0 Å². The zero-order valence-corrected chi connectivity index (χ0v) is 17.4. The lowest BCUT2D eigenvalue weighted by Crippen LogP contribution is -2.32. The van der Waals surface area contributed by atoms with E-state index < -0.39 is 10.0 Å². The molecule has 0 saturated carbocycles. The highest BCUT2D eigenvalue weighted by atomic mass is 32.2. The highest BCUT2D eigenvalue weighted by Gasteiger charge is 2.18. The standard InChI is InChI=1S/C21H28N2O3S/c1-6-15(2)23-27(25,26)19-9-7-8-16(14-19)20(24)22-18-12-10-17(11-13-18)21(3,4)5/h7-15,23H,6H2,1-5H3,(H,22,24). The molecular formula is C21H28N2O3S. The van der Waals surface area contributed by atoms with Crippen molar-refractivity contribution in [2.75, 3.05) is 5.32 Å². The number of amides is 1. The number of carbonyl (C=O) groups excluding carboxylic acids is 1. The summed E-state index contributed by atoms with van der Waals surface area (Å²) in [5.74, 6) is -0.348. The monoisotopic (exact) mass is 388 g/mol. The van der Waals surface area contributed by atoms with Gasteiger partial charge in [-0.25, -0.2) is 13.1 Å². The van der Waals surface area contributed by atoms with Crippen molar-refractivity contribution in [3.63, 3.8) is 0 Å². The summed E-state index contributed by atoms with van der Waals surface area (Å²) in [5, 5.41) is 2.81. The van der Waals surface area contributed by atoms with Gasteiger partial charge in [0.1, 0.15) is 0 Å². The summed E-state index contributed by atoms with van der Waals surface area (Å²) in [6.07, 6.45) is 0.684. The Kier molecular flexibility index (Phi) is 6.44. The SMILES string of the molecule is CCC(C)NS(=O)(=O)c1cccc(C(=O)Nc2ccc(C(C)(C)C)cc2)c1. The third kappa shape index (κ3) is 5.65. The van der Waals surface area contributed by atoms with E-state index >= 15 is 0 Å². The first kappa shape index (κ1) is 21.1. The Morgan fingerprint density at radius 1 is 1.07 bits per heavy atom. The maximum absolute atomic E-state index is 12.5. The van der Waals surface area contributed by atoms with E-state index in [2.05, 4.69) is 30.8 Å². The fourth-order valence-corrected chi connectivity index (χ4v) is 3.85. The number of carbonyl (C=O) groups is 1. The van der Waals surface area contributed by atoms with Gasteiger partial charge < -0.3 is 5.32 Å². The number of hydrogen-bond acceptors (Lipinski definition) is 3. The molecule has 2 aromatic rings. The number of hydrogen-bond donors (Lipinski definition) is 2. The lowest BCUT2D eigenvalue weighted by atomic mass is 9.87. The number of nitrogens with one attached hydrogen (secondary N) is 2. The van der Waals surface area contributed by atoms with E-state index in [0.717, 1.165) is 0 Å². The van der Waals surface area contributed by atoms with E-state index in [-0.39, 0.29) is 22.3 Å². The normalized spacial score (nSPS) is 13.2. The lowest BCUT2D eigenvalue weighted by molar-refractivity contribution is 0.102. The molecule has 0 fully saturated rings. The summed E-state index contributed by atoms with van der Waals surface area (Å²) in [4.78, 5) is 12.6. The van der Waals surface area contributed by atoms with Gasteiger partial charge in [-0.1, -0.05) is 45.9 Å². The molecule has 1 amide bonds. The Bertz CT molecular complexity index is 898. The van der Waals surface area contributed by atoms with Crippen molar-refractivity contribution in [2.45, 2.75) is 57.4 Å². The average molecular weight is 389 g/mol. The van der Waals surface area contributed by atoms with Crippen LogP contribution in [-0.2, 0) is 15.4 Å². The molecule has 27 heavy (non-hydrogen) atoms. The van der Waals surface area contributed by atoms with E-state index in [1.165, 1.54) is 17.7 Å². The van der Waals surface area contributed by atoms with Crippen LogP contribution in [-0.4, -0.2) is 20.4 Å². The van der Waals surface area contributed by atoms with Crippen LogP contribution in [0.3, 0.4) is 0 Å². The highest BCUT2D eigenvalue weighted by molar-refractivity contribution is 7.89. The van der Waals surface area contributed by atoms with Crippen LogP contribution in [0, 0.1) is 0 Å². The lowest BCUT2D eigenvalue weighted by Gasteiger charge is -2.19. The predicted molar refractivity (Wildman–Crippen MR) is 110 cm³/mol. The molecule has 0 aliphatic rings. The van der Waals surface area contributed by atoms with Crippen molar-refractivity contribution in [1.29, 1.82) is 0 Å². The van der Waals surface area contributed by atoms with Crippen molar-refractivity contribution < 1.29 is 13.2 Å². The van der Waals surface area contributed by atoms with Crippen molar-refractivity contribution in [3.8, 4) is 0 Å². The molecule has 1 atom stereocenters. The smallest absolute Gasteiger partial charge is 0.255 e. The Morgan fingerprint density at radius 3 is 2.26 bits per heavy atom. The summed E-state index contributed by atoms with van der Waals surface area (Å²) in [7, 11) is -3.65. The van der Waals surface area contributed by atoms with Crippen molar-refractivity contribution in [1.82, 2.24) is 4.72 Å². The highest BCUT2D eigenvalue weighted by Crippen LogP contribution is 2.23. The van der Waals surface area contributed by atoms with Crippen LogP contribution >= 0.6 is 0 Å². The summed E-state index contributed by atoms with van der Waals surface area (Å²) in [6.45, 7) is 10.1. The van der Waals surface area contributed by atoms with Crippen molar-refractivity contribution in [3.05, 3.63) is 59.7 Å². The fraction of sp³-hybridized carbons (Fsp3) is 0.381. The topological polar surface area (TPSA) is 75.3 Å². The maximum Gasteiger partial charge on any atom is 0.255 e. The Morgan fingerprint density at radius 2 is 1.70 bits per heavy atom. The minimum atomic E-state index is -3.65. The molecule has 0 aromatic heterocycles. The molecule has 2 N–H and O–H groups in total. The van der Waals surface area contributed by atoms with Gasteiger partial charge >= 0.3 is 0 Å². The summed E-state index contributed by atoms with van der Waals surface area (Å²) in [6, 6.07) is 13.5. The Hall–Kier alpha value is -2.18. The van der Waals surface area contributed by atoms with E-state index in [4.69, 9.17) is 0 Å². The van der Waals surface area contributed by atoms with Gasteiger partial charge in [0.15, 0.2) is 0 Å². The number of benzene rings is 2. The van der Waals surface area contributed by atoms with E-state index in [1.807, 2.05) is 31.2 Å². The van der Waals surface area contributed by atoms with Gasteiger partial charge in [0.25, 0.3) is 5.91 Å². The first-order chi connectivity index (χ1) is 12.5. The molecule has 5 nitrogen and oxygen atoms in total. The summed E-state index contributed by atoms with van der Waals surface area (Å²) < 4.78 is 27.4. The average Bonchev–Trinajstić information content (AvgIpc) is 2.61. The molecule has 0 radical (unpaired) electrons. The molecule has 2 rings (SSSR count). The second-order valence-corrected chi connectivity index (χ2v) is 9.45. The zero-order chi connectivity index (χ0) is 20.2. The molecule has 0 aliphatic heterocycles. The van der Waals surface area contributed by atoms with Crippen LogP contribution in [0.15, 0.2) is 53.4 Å². The Balaban J connectivity index is 2.18. The molecule has 146 valence electrons. The molecular weight excluding hydrogens is 360 g/mol.